The molecule has 0 spiro atoms. The van der Waals surface area contributed by atoms with E-state index in [0.29, 0.717) is 24.3 Å². The van der Waals surface area contributed by atoms with Crippen LogP contribution in [-0.4, -0.2) is 29.9 Å². The van der Waals surface area contributed by atoms with E-state index in [-0.39, 0.29) is 0 Å². The summed E-state index contributed by atoms with van der Waals surface area (Å²) in [7, 11) is 0. The monoisotopic (exact) mass is 336 g/mol. The van der Waals surface area contributed by atoms with Gasteiger partial charge in [-0.25, -0.2) is 0 Å². The average molecular weight is 336 g/mol. The number of para-hydroxylation sites is 1. The molecule has 1 aliphatic rings. The highest BCUT2D eigenvalue weighted by Crippen LogP contribution is 2.19. The minimum Gasteiger partial charge on any atom is -0.380 e. The van der Waals surface area contributed by atoms with Crippen molar-refractivity contribution >= 4 is 11.6 Å². The molecule has 0 aromatic heterocycles. The van der Waals surface area contributed by atoms with Gasteiger partial charge in [-0.3, -0.25) is 4.79 Å². The topological polar surface area (TPSA) is 32.3 Å². The smallest absolute Gasteiger partial charge is 0.222 e. The summed E-state index contributed by atoms with van der Waals surface area (Å²) in [5.41, 5.74) is 2.49. The van der Waals surface area contributed by atoms with E-state index < -0.39 is 0 Å². The first kappa shape index (κ1) is 17.5. The fraction of sp³-hybridized carbons (Fsp3) is 0.409. The number of aryl methyl sites for hydroxylation is 1. The fourth-order valence-corrected chi connectivity index (χ4v) is 3.46. The third kappa shape index (κ3) is 5.35. The Morgan fingerprint density at radius 2 is 1.80 bits per heavy atom. The van der Waals surface area contributed by atoms with Crippen LogP contribution in [0.4, 0.5) is 5.69 Å². The van der Waals surface area contributed by atoms with Gasteiger partial charge in [-0.2, -0.15) is 0 Å². The Morgan fingerprint density at radius 3 is 2.52 bits per heavy atom. The number of likely N-dealkylation sites (tertiary alicyclic amines) is 1. The molecule has 2 atom stereocenters. The van der Waals surface area contributed by atoms with Crippen LogP contribution in [0.15, 0.2) is 60.7 Å². The maximum absolute atomic E-state index is 12.6. The summed E-state index contributed by atoms with van der Waals surface area (Å²) in [5.74, 6) is 0.728. The zero-order chi connectivity index (χ0) is 17.5. The van der Waals surface area contributed by atoms with Crippen LogP contribution >= 0.6 is 0 Å². The summed E-state index contributed by atoms with van der Waals surface area (Å²) in [6.07, 6.45) is 3.80. The van der Waals surface area contributed by atoms with Crippen molar-refractivity contribution in [1.82, 2.24) is 4.90 Å². The predicted octanol–water partition coefficient (Wildman–Crippen LogP) is 4.36. The van der Waals surface area contributed by atoms with Gasteiger partial charge >= 0.3 is 0 Å². The van der Waals surface area contributed by atoms with Gasteiger partial charge in [0.25, 0.3) is 0 Å². The highest BCUT2D eigenvalue weighted by atomic mass is 16.2. The Morgan fingerprint density at radius 1 is 1.12 bits per heavy atom. The highest BCUT2D eigenvalue weighted by Gasteiger charge is 2.26. The van der Waals surface area contributed by atoms with Gasteiger partial charge in [-0.1, -0.05) is 55.5 Å². The third-order valence-electron chi connectivity index (χ3n) is 4.98. The molecule has 0 saturated carbocycles. The summed E-state index contributed by atoms with van der Waals surface area (Å²) in [6.45, 7) is 3.88. The van der Waals surface area contributed by atoms with Crippen LogP contribution in [0.5, 0.6) is 0 Å². The molecule has 25 heavy (non-hydrogen) atoms. The number of carbonyl (C=O) groups excluding carboxylic acids is 1. The molecule has 3 nitrogen and oxygen atoms in total. The van der Waals surface area contributed by atoms with E-state index in [1.54, 1.807) is 0 Å². The second-order valence-corrected chi connectivity index (χ2v) is 7.17. The van der Waals surface area contributed by atoms with Crippen LogP contribution in [0.3, 0.4) is 0 Å². The number of hydrogen-bond donors (Lipinski definition) is 1. The van der Waals surface area contributed by atoms with Crippen molar-refractivity contribution < 1.29 is 4.79 Å². The largest absolute Gasteiger partial charge is 0.380 e. The molecule has 0 aliphatic carbocycles. The van der Waals surface area contributed by atoms with Gasteiger partial charge < -0.3 is 10.2 Å². The maximum atomic E-state index is 12.6. The summed E-state index contributed by atoms with van der Waals surface area (Å²) < 4.78 is 0. The van der Waals surface area contributed by atoms with Crippen LogP contribution in [0.2, 0.25) is 0 Å². The quantitative estimate of drug-likeness (QED) is 0.815. The van der Waals surface area contributed by atoms with Crippen molar-refractivity contribution in [3.8, 4) is 0 Å². The zero-order valence-electron chi connectivity index (χ0n) is 15.0. The third-order valence-corrected chi connectivity index (χ3v) is 4.98. The van der Waals surface area contributed by atoms with Gasteiger partial charge in [-0.15, -0.1) is 0 Å². The Balaban J connectivity index is 1.41. The van der Waals surface area contributed by atoms with Gasteiger partial charge in [-0.05, 0) is 42.9 Å². The van der Waals surface area contributed by atoms with E-state index in [4.69, 9.17) is 0 Å². The number of benzene rings is 2. The lowest BCUT2D eigenvalue weighted by Crippen LogP contribution is -2.32. The lowest BCUT2D eigenvalue weighted by atomic mass is 9.98. The number of hydrogen-bond acceptors (Lipinski definition) is 2. The molecule has 1 amide bonds. The molecule has 2 aromatic rings. The fourth-order valence-electron chi connectivity index (χ4n) is 3.46. The normalized spacial score (nSPS) is 18.1. The first-order valence-electron chi connectivity index (χ1n) is 9.34. The van der Waals surface area contributed by atoms with Crippen LogP contribution in [0, 0.1) is 5.92 Å². The summed E-state index contributed by atoms with van der Waals surface area (Å²) >= 11 is 0. The minimum absolute atomic E-state index is 0.304. The maximum Gasteiger partial charge on any atom is 0.222 e. The van der Waals surface area contributed by atoms with E-state index in [1.807, 2.05) is 29.2 Å². The lowest BCUT2D eigenvalue weighted by molar-refractivity contribution is -0.131. The van der Waals surface area contributed by atoms with Crippen LogP contribution in [0.25, 0.3) is 0 Å². The van der Waals surface area contributed by atoms with E-state index >= 15 is 0 Å². The van der Waals surface area contributed by atoms with Gasteiger partial charge in [0.05, 0.1) is 0 Å². The van der Waals surface area contributed by atoms with E-state index in [1.165, 1.54) is 5.56 Å². The second kappa shape index (κ2) is 8.70. The van der Waals surface area contributed by atoms with Gasteiger partial charge in [0.15, 0.2) is 0 Å². The Hall–Kier alpha value is -2.29. The Bertz CT molecular complexity index is 656. The molecule has 1 saturated heterocycles. The summed E-state index contributed by atoms with van der Waals surface area (Å²) in [5, 5.41) is 3.53. The first-order chi connectivity index (χ1) is 12.2. The van der Waals surface area contributed by atoms with Gasteiger partial charge in [0, 0.05) is 31.2 Å². The molecule has 0 radical (unpaired) electrons. The van der Waals surface area contributed by atoms with Crippen LogP contribution in [0.1, 0.15) is 31.7 Å². The van der Waals surface area contributed by atoms with Crippen LogP contribution < -0.4 is 5.32 Å². The average Bonchev–Trinajstić information content (AvgIpc) is 3.10. The first-order valence-corrected chi connectivity index (χ1v) is 9.34. The van der Waals surface area contributed by atoms with Gasteiger partial charge in [0.2, 0.25) is 5.91 Å². The van der Waals surface area contributed by atoms with Crippen molar-refractivity contribution in [3.05, 3.63) is 66.2 Å². The van der Waals surface area contributed by atoms with E-state index in [9.17, 15) is 4.79 Å². The molecule has 0 bridgehead atoms. The van der Waals surface area contributed by atoms with Crippen molar-refractivity contribution in [2.75, 3.05) is 18.4 Å². The van der Waals surface area contributed by atoms with Crippen molar-refractivity contribution in [2.45, 2.75) is 38.6 Å². The van der Waals surface area contributed by atoms with Crippen molar-refractivity contribution in [3.63, 3.8) is 0 Å². The number of amides is 1. The SMILES string of the molecule is CC(CCc1ccccc1)CC(=O)N1CCC(Nc2ccccc2)C1. The molecule has 2 aromatic carbocycles. The number of carbonyl (C=O) groups is 1. The predicted molar refractivity (Wildman–Crippen MR) is 104 cm³/mol. The number of nitrogens with zero attached hydrogens (tertiary/aromatic N) is 1. The molecule has 3 heteroatoms. The summed E-state index contributed by atoms with van der Waals surface area (Å²) in [4.78, 5) is 14.6. The Labute approximate surface area is 151 Å². The van der Waals surface area contributed by atoms with Crippen molar-refractivity contribution in [1.29, 1.82) is 0 Å². The van der Waals surface area contributed by atoms with Gasteiger partial charge in [0.1, 0.15) is 0 Å². The van der Waals surface area contributed by atoms with E-state index in [0.717, 1.165) is 38.0 Å². The molecular weight excluding hydrogens is 308 g/mol. The molecule has 1 heterocycles. The van der Waals surface area contributed by atoms with Crippen LogP contribution in [-0.2, 0) is 11.2 Å². The standard InChI is InChI=1S/C22H28N2O/c1-18(12-13-19-8-4-2-5-9-19)16-22(25)24-15-14-21(17-24)23-20-10-6-3-7-11-20/h2-11,18,21,23H,12-17H2,1H3. The molecule has 2 unspecified atom stereocenters. The lowest BCUT2D eigenvalue weighted by Gasteiger charge is -2.20. The molecule has 132 valence electrons. The van der Waals surface area contributed by atoms with Crippen molar-refractivity contribution in [2.24, 2.45) is 5.92 Å². The highest BCUT2D eigenvalue weighted by molar-refractivity contribution is 5.76. The number of nitrogens with one attached hydrogen (secondary N) is 1. The minimum atomic E-state index is 0.304. The molecule has 1 aliphatic heterocycles. The number of anilines is 1. The molecule has 1 N–H and O–H groups in total. The van der Waals surface area contributed by atoms with E-state index in [2.05, 4.69) is 48.6 Å². The Kier molecular flexibility index (Phi) is 6.10. The molecule has 3 rings (SSSR count). The number of rotatable bonds is 7. The molecular formula is C22H28N2O. The zero-order valence-corrected chi connectivity index (χ0v) is 15.0. The molecule has 1 fully saturated rings. The second-order valence-electron chi connectivity index (χ2n) is 7.17. The summed E-state index contributed by atoms with van der Waals surface area (Å²) in [6, 6.07) is 21.1.